The molecule has 4 heterocycles. The van der Waals surface area contributed by atoms with Crippen LogP contribution in [0.5, 0.6) is 0 Å². The van der Waals surface area contributed by atoms with Crippen LogP contribution in [0, 0.1) is 6.92 Å². The molecule has 5 rings (SSSR count). The number of likely N-dealkylation sites (tertiary alicyclic amines) is 1. The van der Waals surface area contributed by atoms with Crippen LogP contribution in [0.2, 0.25) is 0 Å². The molecule has 1 amide bonds. The predicted molar refractivity (Wildman–Crippen MR) is 139 cm³/mol. The van der Waals surface area contributed by atoms with Crippen molar-refractivity contribution in [3.05, 3.63) is 35.5 Å². The Morgan fingerprint density at radius 3 is 2.74 bits per heavy atom. The number of ether oxygens (including phenoxy) is 1. The normalized spacial score (nSPS) is 22.2. The van der Waals surface area contributed by atoms with Crippen molar-refractivity contribution < 1.29 is 22.7 Å². The third kappa shape index (κ3) is 5.80. The van der Waals surface area contributed by atoms with Crippen LogP contribution in [0.1, 0.15) is 30.4 Å². The van der Waals surface area contributed by atoms with Crippen molar-refractivity contribution in [3.8, 4) is 0 Å². The number of likely N-dealkylation sites (N-methyl/N-ethyl adjacent to an activating group) is 1. The zero-order valence-electron chi connectivity index (χ0n) is 21.7. The number of benzene rings is 1. The van der Waals surface area contributed by atoms with Gasteiger partial charge < -0.3 is 25.2 Å². The maximum atomic E-state index is 13.6. The zero-order chi connectivity index (χ0) is 26.9. The van der Waals surface area contributed by atoms with Gasteiger partial charge in [-0.05, 0) is 50.6 Å². The topological polar surface area (TPSA) is 85.9 Å². The van der Waals surface area contributed by atoms with Crippen LogP contribution in [0.15, 0.2) is 24.4 Å². The van der Waals surface area contributed by atoms with Crippen LogP contribution in [-0.2, 0) is 15.7 Å². The Labute approximate surface area is 220 Å². The summed E-state index contributed by atoms with van der Waals surface area (Å²) in [4.78, 5) is 26.7. The Balaban J connectivity index is 1.24. The fraction of sp³-hybridized carbons (Fsp3) is 0.577. The van der Waals surface area contributed by atoms with E-state index in [0.717, 1.165) is 36.2 Å². The van der Waals surface area contributed by atoms with Crippen molar-refractivity contribution >= 4 is 29.0 Å². The van der Waals surface area contributed by atoms with Gasteiger partial charge in [-0.15, -0.1) is 0 Å². The Morgan fingerprint density at radius 1 is 1.18 bits per heavy atom. The number of carbonyl (C=O) groups is 1. The number of piperazine rings is 1. The molecule has 38 heavy (non-hydrogen) atoms. The molecule has 0 saturated carbocycles. The fourth-order valence-electron chi connectivity index (χ4n) is 5.49. The Bertz CT molecular complexity index is 1160. The molecule has 1 aromatic carbocycles. The molecule has 0 unspecified atom stereocenters. The Hall–Kier alpha value is -3.12. The number of fused-ring (bicyclic) bond motifs is 2. The number of halogens is 3. The lowest BCUT2D eigenvalue weighted by molar-refractivity contribution is -0.137. The standard InChI is InChI=1S/C26H34F3N7O2/c1-17-12-18(36-16-19-13-20(36)15-34(19)2)4-5-22(17)32-25-31-14-21(26(27,28)29)24(33-25)30-7-3-8-35-9-11-38-10-6-23(35)37/h4-5,12,14,19-20H,3,6-11,13,15-16H2,1-2H3,(H2,30,31,32,33)/t19-,20-/m1/s1. The third-order valence-electron chi connectivity index (χ3n) is 7.61. The van der Waals surface area contributed by atoms with Gasteiger partial charge in [0, 0.05) is 62.4 Å². The van der Waals surface area contributed by atoms with Crippen molar-refractivity contribution in [2.45, 2.75) is 44.4 Å². The number of nitrogens with one attached hydrogen (secondary N) is 2. The van der Waals surface area contributed by atoms with Crippen molar-refractivity contribution in [3.63, 3.8) is 0 Å². The second-order valence-corrected chi connectivity index (χ2v) is 10.2. The minimum atomic E-state index is -4.60. The molecule has 2 N–H and O–H groups in total. The lowest BCUT2D eigenvalue weighted by Gasteiger charge is -2.34. The van der Waals surface area contributed by atoms with Crippen LogP contribution in [0.3, 0.4) is 0 Å². The van der Waals surface area contributed by atoms with Crippen LogP contribution in [0.4, 0.5) is 36.3 Å². The van der Waals surface area contributed by atoms with Crippen molar-refractivity contribution in [2.75, 3.05) is 68.5 Å². The van der Waals surface area contributed by atoms with Gasteiger partial charge >= 0.3 is 6.18 Å². The maximum Gasteiger partial charge on any atom is 0.421 e. The molecule has 0 radical (unpaired) electrons. The van der Waals surface area contributed by atoms with E-state index in [1.165, 1.54) is 6.42 Å². The largest absolute Gasteiger partial charge is 0.421 e. The van der Waals surface area contributed by atoms with E-state index in [0.29, 0.717) is 51.2 Å². The van der Waals surface area contributed by atoms with Gasteiger partial charge in [-0.3, -0.25) is 9.69 Å². The highest BCUT2D eigenvalue weighted by Crippen LogP contribution is 2.36. The number of carbonyl (C=O) groups excluding carboxylic acids is 1. The molecule has 2 atom stereocenters. The van der Waals surface area contributed by atoms with Gasteiger partial charge in [0.1, 0.15) is 11.4 Å². The molecule has 2 aromatic rings. The Morgan fingerprint density at radius 2 is 2.03 bits per heavy atom. The number of hydrogen-bond donors (Lipinski definition) is 2. The van der Waals surface area contributed by atoms with Crippen LogP contribution < -0.4 is 15.5 Å². The summed E-state index contributed by atoms with van der Waals surface area (Å²) >= 11 is 0. The summed E-state index contributed by atoms with van der Waals surface area (Å²) < 4.78 is 46.2. The molecule has 2 bridgehead atoms. The lowest BCUT2D eigenvalue weighted by Crippen LogP contribution is -2.44. The summed E-state index contributed by atoms with van der Waals surface area (Å²) in [5.74, 6) is -0.206. The number of aryl methyl sites for hydroxylation is 1. The molecule has 3 fully saturated rings. The fourth-order valence-corrected chi connectivity index (χ4v) is 5.49. The minimum Gasteiger partial charge on any atom is -0.379 e. The smallest absolute Gasteiger partial charge is 0.379 e. The van der Waals surface area contributed by atoms with E-state index in [1.807, 2.05) is 19.1 Å². The van der Waals surface area contributed by atoms with Crippen LogP contribution in [-0.4, -0.2) is 90.7 Å². The highest BCUT2D eigenvalue weighted by Gasteiger charge is 2.41. The third-order valence-corrected chi connectivity index (χ3v) is 7.61. The molecule has 3 aliphatic rings. The number of anilines is 4. The molecule has 0 aliphatic carbocycles. The lowest BCUT2D eigenvalue weighted by atomic mass is 10.1. The molecule has 0 spiro atoms. The van der Waals surface area contributed by atoms with Crippen molar-refractivity contribution in [2.24, 2.45) is 0 Å². The second kappa shape index (κ2) is 10.9. The Kier molecular flexibility index (Phi) is 7.62. The first-order chi connectivity index (χ1) is 18.2. The molecule has 1 aromatic heterocycles. The predicted octanol–water partition coefficient (Wildman–Crippen LogP) is 3.49. The summed E-state index contributed by atoms with van der Waals surface area (Å²) in [7, 11) is 2.17. The highest BCUT2D eigenvalue weighted by molar-refractivity contribution is 5.76. The van der Waals surface area contributed by atoms with Gasteiger partial charge in [-0.2, -0.15) is 18.2 Å². The van der Waals surface area contributed by atoms with E-state index >= 15 is 0 Å². The van der Waals surface area contributed by atoms with Gasteiger partial charge in [0.05, 0.1) is 19.6 Å². The quantitative estimate of drug-likeness (QED) is 0.499. The van der Waals surface area contributed by atoms with Gasteiger partial charge in [0.2, 0.25) is 11.9 Å². The van der Waals surface area contributed by atoms with Gasteiger partial charge in [-0.25, -0.2) is 4.98 Å². The van der Waals surface area contributed by atoms with Gasteiger partial charge in [0.15, 0.2) is 0 Å². The number of rotatable bonds is 8. The number of aromatic nitrogens is 2. The average Bonchev–Trinajstić information content (AvgIpc) is 3.38. The molecular weight excluding hydrogens is 499 g/mol. The van der Waals surface area contributed by atoms with E-state index in [2.05, 4.69) is 43.5 Å². The van der Waals surface area contributed by atoms with E-state index < -0.39 is 11.7 Å². The first-order valence-corrected chi connectivity index (χ1v) is 13.1. The zero-order valence-corrected chi connectivity index (χ0v) is 21.7. The van der Waals surface area contributed by atoms with Crippen LogP contribution >= 0.6 is 0 Å². The molecule has 9 nitrogen and oxygen atoms in total. The first-order valence-electron chi connectivity index (χ1n) is 13.1. The van der Waals surface area contributed by atoms with Crippen molar-refractivity contribution in [1.82, 2.24) is 19.8 Å². The SMILES string of the molecule is Cc1cc(N2C[C@H]3C[C@@H]2CN3C)ccc1Nc1ncc(C(F)(F)F)c(NCCCN2CCOCCC2=O)n1. The number of amides is 1. The molecule has 206 valence electrons. The van der Waals surface area contributed by atoms with Gasteiger partial charge in [0.25, 0.3) is 0 Å². The molecule has 3 saturated heterocycles. The van der Waals surface area contributed by atoms with E-state index in [-0.39, 0.29) is 24.2 Å². The van der Waals surface area contributed by atoms with E-state index in [9.17, 15) is 18.0 Å². The van der Waals surface area contributed by atoms with E-state index in [1.54, 1.807) is 4.90 Å². The average molecular weight is 534 g/mol. The summed E-state index contributed by atoms with van der Waals surface area (Å²) in [5, 5.41) is 5.89. The summed E-state index contributed by atoms with van der Waals surface area (Å²) in [6, 6.07) is 7.16. The monoisotopic (exact) mass is 533 g/mol. The molecule has 3 aliphatic heterocycles. The number of alkyl halides is 3. The highest BCUT2D eigenvalue weighted by atomic mass is 19.4. The summed E-state index contributed by atoms with van der Waals surface area (Å²) in [6.45, 7) is 6.05. The first kappa shape index (κ1) is 26.5. The van der Waals surface area contributed by atoms with E-state index in [4.69, 9.17) is 4.74 Å². The summed E-state index contributed by atoms with van der Waals surface area (Å²) in [6.07, 6.45) is -1.82. The van der Waals surface area contributed by atoms with Crippen molar-refractivity contribution in [1.29, 1.82) is 0 Å². The van der Waals surface area contributed by atoms with Crippen LogP contribution in [0.25, 0.3) is 0 Å². The second-order valence-electron chi connectivity index (χ2n) is 10.2. The molecule has 12 heteroatoms. The maximum absolute atomic E-state index is 13.6. The summed E-state index contributed by atoms with van der Waals surface area (Å²) in [5.41, 5.74) is 1.92. The van der Waals surface area contributed by atoms with Gasteiger partial charge in [-0.1, -0.05) is 0 Å². The minimum absolute atomic E-state index is 0.00189. The number of hydrogen-bond acceptors (Lipinski definition) is 8. The molecular formula is C26H34F3N7O2. The number of nitrogens with zero attached hydrogens (tertiary/aromatic N) is 5.